The molecule has 0 saturated heterocycles. The predicted molar refractivity (Wildman–Crippen MR) is 542 cm³/mol. The number of rotatable bonds is 18. The lowest BCUT2D eigenvalue weighted by Gasteiger charge is -2.19. The number of ether oxygens (including phenoxy) is 4. The van der Waals surface area contributed by atoms with E-state index in [4.69, 9.17) is 23.9 Å². The van der Waals surface area contributed by atoms with Crippen LogP contribution in [0.15, 0.2) is 274 Å². The second-order valence-corrected chi connectivity index (χ2v) is 37.8. The molecule has 0 spiro atoms. The molecule has 21 aromatic rings. The third-order valence-electron chi connectivity index (χ3n) is 25.9. The molecule has 9 aromatic heterocycles. The maximum Gasteiger partial charge on any atom is 0.374 e. The number of nitrogens with zero attached hydrogens (tertiary/aromatic N) is 13. The van der Waals surface area contributed by atoms with Crippen LogP contribution in [-0.4, -0.2) is 65.6 Å². The van der Waals surface area contributed by atoms with Crippen LogP contribution in [0, 0.1) is 27.7 Å². The lowest BCUT2D eigenvalue weighted by molar-refractivity contribution is -0.664. The molecule has 0 unspecified atom stereocenters. The molecule has 0 aliphatic heterocycles. The van der Waals surface area contributed by atoms with E-state index < -0.39 is 0 Å². The van der Waals surface area contributed by atoms with Crippen LogP contribution in [0.2, 0.25) is 0 Å². The van der Waals surface area contributed by atoms with E-state index in [2.05, 4.69) is 483 Å². The molecule has 17 nitrogen and oxygen atoms in total. The van der Waals surface area contributed by atoms with Gasteiger partial charge in [0.1, 0.15) is 91.8 Å². The summed E-state index contributed by atoms with van der Waals surface area (Å²) in [5.74, 6) is 9.68. The molecule has 0 amide bonds. The molecule has 0 N–H and O–H groups in total. The fraction of sp³-hybridized carbons (Fsp3) is 0.278. The number of para-hydroxylation sites is 10. The van der Waals surface area contributed by atoms with E-state index >= 15 is 0 Å². The summed E-state index contributed by atoms with van der Waals surface area (Å²) in [4.78, 5) is 5.04. The van der Waals surface area contributed by atoms with E-state index in [9.17, 15) is 0 Å². The fourth-order valence-electron chi connectivity index (χ4n) is 20.0. The van der Waals surface area contributed by atoms with E-state index in [1.165, 1.54) is 110 Å². The monoisotopic (exact) mass is 1750 g/mol. The summed E-state index contributed by atoms with van der Waals surface area (Å²) < 4.78 is 52.3. The molecule has 0 aliphatic carbocycles. The Labute approximate surface area is 774 Å². The van der Waals surface area contributed by atoms with Gasteiger partial charge >= 0.3 is 11.7 Å². The molecule has 0 saturated carbocycles. The van der Waals surface area contributed by atoms with Gasteiger partial charge in [-0.15, -0.1) is 0 Å². The van der Waals surface area contributed by atoms with Gasteiger partial charge in [0.2, 0.25) is 0 Å². The summed E-state index contributed by atoms with van der Waals surface area (Å²) in [5, 5.41) is 8.67. The lowest BCUT2D eigenvalue weighted by Crippen LogP contribution is -2.33. The number of imidazole rings is 5. The molecule has 670 valence electrons. The number of aromatic nitrogens is 13. The van der Waals surface area contributed by atoms with Crippen molar-refractivity contribution in [3.05, 3.63) is 319 Å². The Kier molecular flexibility index (Phi) is 23.8. The van der Waals surface area contributed by atoms with Crippen LogP contribution in [0.3, 0.4) is 0 Å². The Hall–Kier alpha value is -14.2. The molecular formula is C115H125N13O4+4. The van der Waals surface area contributed by atoms with Gasteiger partial charge in [0.25, 0.3) is 17.3 Å². The first kappa shape index (κ1) is 88.5. The van der Waals surface area contributed by atoms with E-state index in [0.717, 1.165) is 102 Å². The van der Waals surface area contributed by atoms with E-state index in [0.29, 0.717) is 23.7 Å². The fourth-order valence-corrected chi connectivity index (χ4v) is 20.0. The highest BCUT2D eigenvalue weighted by Gasteiger charge is 2.34. The first-order chi connectivity index (χ1) is 63.5. The van der Waals surface area contributed by atoms with Crippen LogP contribution in [0.25, 0.3) is 144 Å². The third kappa shape index (κ3) is 15.5. The van der Waals surface area contributed by atoms with Gasteiger partial charge in [-0.05, 0) is 232 Å². The minimum atomic E-state index is 0.116. The topological polar surface area (TPSA) is 104 Å². The van der Waals surface area contributed by atoms with Gasteiger partial charge in [0.15, 0.2) is 23.7 Å². The summed E-state index contributed by atoms with van der Waals surface area (Å²) in [7, 11) is 8.51. The molecule has 9 heterocycles. The molecule has 0 atom stereocenters. The quantitative estimate of drug-likeness (QED) is 0.0796. The van der Waals surface area contributed by atoms with E-state index in [1.807, 2.05) is 12.1 Å². The van der Waals surface area contributed by atoms with Crippen LogP contribution < -0.4 is 37.2 Å². The number of benzene rings is 12. The van der Waals surface area contributed by atoms with Gasteiger partial charge in [-0.1, -0.05) is 189 Å². The zero-order valence-corrected chi connectivity index (χ0v) is 81.0. The normalized spacial score (nSPS) is 12.0. The Morgan fingerprint density at radius 1 is 0.318 bits per heavy atom. The van der Waals surface area contributed by atoms with Gasteiger partial charge in [-0.2, -0.15) is 14.0 Å². The zero-order valence-electron chi connectivity index (χ0n) is 81.0. The SMILES string of the molecule is Cc1c(OC(C)C)ccc2c1c1n(c3ccccc3[n+]1C)c1nc3ccccc3n21.Cc1c(OC(C)C)ccc2c3ccccc3n(-c3cn(-c4c(C(C)C)cccc4C(C)C)c[n+]3C)c12.Cc1c(OC(C)C)ccc2c3ccccc3n(-c3cn(-c4ccccc4)c[n+]3C)c12.Cc1c(OC(C)C)ccc2c3ccccc3n(-c3n(-c4c(C(C)C)cccc4C(C)C)cc[n+]3C)c12. The molecule has 0 bridgehead atoms. The maximum absolute atomic E-state index is 6.24. The third-order valence-corrected chi connectivity index (χ3v) is 25.9. The highest BCUT2D eigenvalue weighted by atomic mass is 16.5. The molecule has 132 heavy (non-hydrogen) atoms. The summed E-state index contributed by atoms with van der Waals surface area (Å²) in [6, 6.07) is 84.0. The van der Waals surface area contributed by atoms with Gasteiger partial charge < -0.3 is 18.9 Å². The Balaban J connectivity index is 0.000000118. The van der Waals surface area contributed by atoms with Crippen LogP contribution in [0.1, 0.15) is 179 Å². The van der Waals surface area contributed by atoms with Crippen LogP contribution in [0.5, 0.6) is 23.0 Å². The van der Waals surface area contributed by atoms with Gasteiger partial charge in [0, 0.05) is 54.6 Å². The standard InChI is InChI=1S/2C32H38N3O.C26H26N3O.C25H23N4O/c1-20(2)24-13-11-14-25(21(3)4)32(24)34-18-30(33(8)19-34)35-28-15-10-9-12-26(28)27-16-17-29(36-22(5)6)23(7)31(27)35;1-20(2)24-13-11-14-25(21(3)4)31(24)34-19-18-33(8)32(34)35-28-15-10-9-12-26(28)27-16-17-29(36-22(5)6)23(7)30(27)35;1-18(2)30-24-15-14-22-21-12-8-9-13-23(21)29(26(22)19(24)3)25-16-28(17-27(25)4)20-10-6-5-7-11-20;1-15(2)30-22-14-13-21-23(16(22)3)24-27(4)19-11-7-8-12-20(19)29(24)25-26-17-9-5-6-10-18(17)28(21)25/h2*9-22H,1-8H3;5-18H,1-4H3;5-15H,1-4H3/q4*+1. The average molecular weight is 1750 g/mol. The number of hydrogen-bond acceptors (Lipinski definition) is 5. The Bertz CT molecular complexity index is 7930. The molecular weight excluding hydrogens is 1630 g/mol. The summed E-state index contributed by atoms with van der Waals surface area (Å²) in [5.41, 5.74) is 27.7. The second-order valence-electron chi connectivity index (χ2n) is 37.8. The van der Waals surface area contributed by atoms with Crippen molar-refractivity contribution in [3.8, 4) is 57.6 Å². The van der Waals surface area contributed by atoms with Gasteiger partial charge in [-0.25, -0.2) is 41.1 Å². The summed E-state index contributed by atoms with van der Waals surface area (Å²) in [6.45, 7) is 43.5. The minimum absolute atomic E-state index is 0.116. The minimum Gasteiger partial charge on any atom is -0.491 e. The second kappa shape index (κ2) is 35.6. The molecule has 12 aromatic carbocycles. The van der Waals surface area contributed by atoms with Crippen molar-refractivity contribution in [2.45, 2.75) is 187 Å². The average Bonchev–Trinajstić information content (AvgIpc) is 1.53. The van der Waals surface area contributed by atoms with Crippen LogP contribution >= 0.6 is 0 Å². The van der Waals surface area contributed by atoms with Crippen molar-refractivity contribution in [1.29, 1.82) is 0 Å². The van der Waals surface area contributed by atoms with E-state index in [1.54, 1.807) is 0 Å². The van der Waals surface area contributed by atoms with Gasteiger partial charge in [-0.3, -0.25) is 4.40 Å². The maximum atomic E-state index is 6.24. The highest BCUT2D eigenvalue weighted by Crippen LogP contribution is 2.44. The van der Waals surface area contributed by atoms with Crippen molar-refractivity contribution in [2.75, 3.05) is 0 Å². The molecule has 0 radical (unpaired) electrons. The molecule has 21 rings (SSSR count). The van der Waals surface area contributed by atoms with Crippen molar-refractivity contribution in [1.82, 2.24) is 41.2 Å². The van der Waals surface area contributed by atoms with Crippen LogP contribution in [0.4, 0.5) is 0 Å². The van der Waals surface area contributed by atoms with Crippen molar-refractivity contribution >= 4 is 110 Å². The Morgan fingerprint density at radius 2 is 0.705 bits per heavy atom. The summed E-state index contributed by atoms with van der Waals surface area (Å²) in [6.07, 6.45) is 13.7. The predicted octanol–water partition coefficient (Wildman–Crippen LogP) is 25.9. The van der Waals surface area contributed by atoms with Crippen LogP contribution in [-0.2, 0) is 28.2 Å². The zero-order chi connectivity index (χ0) is 92.8. The molecule has 0 fully saturated rings. The number of aryl methyl sites for hydroxylation is 8. The highest BCUT2D eigenvalue weighted by molar-refractivity contribution is 6.13. The van der Waals surface area contributed by atoms with Crippen molar-refractivity contribution < 1.29 is 37.2 Å². The van der Waals surface area contributed by atoms with Crippen molar-refractivity contribution in [3.63, 3.8) is 0 Å². The number of fused-ring (bicyclic) bond motifs is 19. The number of hydrogen-bond donors (Lipinski definition) is 0. The Morgan fingerprint density at radius 3 is 1.17 bits per heavy atom. The van der Waals surface area contributed by atoms with E-state index in [-0.39, 0.29) is 24.4 Å². The van der Waals surface area contributed by atoms with Crippen molar-refractivity contribution in [2.24, 2.45) is 28.2 Å². The lowest BCUT2D eigenvalue weighted by atomic mass is 9.92. The van der Waals surface area contributed by atoms with Gasteiger partial charge in [0.05, 0.1) is 80.7 Å². The largest absolute Gasteiger partial charge is 0.491 e. The first-order valence-corrected chi connectivity index (χ1v) is 46.9. The first-order valence-electron chi connectivity index (χ1n) is 46.9. The molecule has 0 aliphatic rings. The summed E-state index contributed by atoms with van der Waals surface area (Å²) >= 11 is 0. The molecule has 17 heteroatoms. The smallest absolute Gasteiger partial charge is 0.374 e.